The Bertz CT molecular complexity index is 1290. The van der Waals surface area contributed by atoms with Crippen LogP contribution in [0.25, 0.3) is 27.8 Å². The standard InChI is InChI=1S/C24H21N5O/c30-24(25-16-22-26-18-10-4-5-11-19(18)27-22)15-14-23-28-20-12-6-7-13-21(20)29(23)17-8-2-1-3-9-17/h1-13H,14-16H2,(H,25,30)(H,26,27). The van der Waals surface area contributed by atoms with Crippen molar-refractivity contribution in [3.63, 3.8) is 0 Å². The molecule has 0 spiro atoms. The van der Waals surface area contributed by atoms with Crippen LogP contribution in [0.1, 0.15) is 18.1 Å². The normalized spacial score (nSPS) is 11.2. The number of aromatic nitrogens is 4. The van der Waals surface area contributed by atoms with Crippen LogP contribution in [-0.2, 0) is 17.8 Å². The number of H-pyrrole nitrogens is 1. The second kappa shape index (κ2) is 7.83. The van der Waals surface area contributed by atoms with Crippen molar-refractivity contribution in [1.82, 2.24) is 24.8 Å². The number of carbonyl (C=O) groups is 1. The zero-order chi connectivity index (χ0) is 20.3. The van der Waals surface area contributed by atoms with Gasteiger partial charge in [0.25, 0.3) is 0 Å². The summed E-state index contributed by atoms with van der Waals surface area (Å²) in [4.78, 5) is 25.0. The summed E-state index contributed by atoms with van der Waals surface area (Å²) >= 11 is 0. The summed E-state index contributed by atoms with van der Waals surface area (Å²) in [5.41, 5.74) is 4.89. The topological polar surface area (TPSA) is 75.6 Å². The Kier molecular flexibility index (Phi) is 4.73. The molecule has 0 bridgehead atoms. The number of hydrogen-bond donors (Lipinski definition) is 2. The van der Waals surface area contributed by atoms with Crippen LogP contribution in [0.4, 0.5) is 0 Å². The summed E-state index contributed by atoms with van der Waals surface area (Å²) in [6.45, 7) is 0.378. The summed E-state index contributed by atoms with van der Waals surface area (Å²) in [5, 5.41) is 2.95. The predicted molar refractivity (Wildman–Crippen MR) is 117 cm³/mol. The van der Waals surface area contributed by atoms with Gasteiger partial charge in [0.15, 0.2) is 0 Å². The van der Waals surface area contributed by atoms with E-state index in [4.69, 9.17) is 4.98 Å². The first kappa shape index (κ1) is 18.1. The van der Waals surface area contributed by atoms with Gasteiger partial charge < -0.3 is 10.3 Å². The smallest absolute Gasteiger partial charge is 0.220 e. The van der Waals surface area contributed by atoms with Gasteiger partial charge in [-0.3, -0.25) is 9.36 Å². The van der Waals surface area contributed by atoms with Crippen LogP contribution in [0, 0.1) is 0 Å². The minimum Gasteiger partial charge on any atom is -0.349 e. The molecule has 2 aromatic heterocycles. The SMILES string of the molecule is O=C(CCc1nc2ccccc2n1-c1ccccc1)NCc1nc2ccccc2[nH]1. The van der Waals surface area contributed by atoms with Gasteiger partial charge in [-0.15, -0.1) is 0 Å². The average Bonchev–Trinajstić information content (AvgIpc) is 3.37. The maximum Gasteiger partial charge on any atom is 0.220 e. The second-order valence-electron chi connectivity index (χ2n) is 7.17. The first-order valence-electron chi connectivity index (χ1n) is 10.00. The molecule has 1 amide bonds. The molecule has 3 aromatic carbocycles. The molecule has 0 fully saturated rings. The number of para-hydroxylation sites is 5. The first-order chi connectivity index (χ1) is 14.8. The molecule has 6 nitrogen and oxygen atoms in total. The Morgan fingerprint density at radius 2 is 1.60 bits per heavy atom. The molecule has 0 aliphatic carbocycles. The largest absolute Gasteiger partial charge is 0.349 e. The van der Waals surface area contributed by atoms with Crippen LogP contribution in [0.5, 0.6) is 0 Å². The van der Waals surface area contributed by atoms with Crippen molar-refractivity contribution in [2.24, 2.45) is 0 Å². The molecule has 2 heterocycles. The zero-order valence-corrected chi connectivity index (χ0v) is 16.4. The fourth-order valence-corrected chi connectivity index (χ4v) is 3.69. The molecular formula is C24H21N5O. The van der Waals surface area contributed by atoms with Gasteiger partial charge in [-0.2, -0.15) is 0 Å². The van der Waals surface area contributed by atoms with Gasteiger partial charge in [-0.05, 0) is 36.4 Å². The molecule has 0 saturated carbocycles. The quantitative estimate of drug-likeness (QED) is 0.453. The number of carbonyl (C=O) groups excluding carboxylic acids is 1. The Morgan fingerprint density at radius 3 is 2.43 bits per heavy atom. The van der Waals surface area contributed by atoms with Crippen LogP contribution >= 0.6 is 0 Å². The van der Waals surface area contributed by atoms with Gasteiger partial charge in [0.05, 0.1) is 28.6 Å². The third-order valence-corrected chi connectivity index (χ3v) is 5.11. The highest BCUT2D eigenvalue weighted by Gasteiger charge is 2.14. The number of imidazole rings is 2. The molecule has 148 valence electrons. The number of aromatic amines is 1. The van der Waals surface area contributed by atoms with Crippen LogP contribution < -0.4 is 5.32 Å². The monoisotopic (exact) mass is 395 g/mol. The molecule has 0 radical (unpaired) electrons. The van der Waals surface area contributed by atoms with Crippen molar-refractivity contribution >= 4 is 28.0 Å². The van der Waals surface area contributed by atoms with Crippen LogP contribution in [0.15, 0.2) is 78.9 Å². The molecule has 30 heavy (non-hydrogen) atoms. The summed E-state index contributed by atoms with van der Waals surface area (Å²) in [7, 11) is 0. The molecule has 6 heteroatoms. The lowest BCUT2D eigenvalue weighted by Crippen LogP contribution is -2.24. The molecular weight excluding hydrogens is 374 g/mol. The predicted octanol–water partition coefficient (Wildman–Crippen LogP) is 4.15. The Morgan fingerprint density at radius 1 is 0.867 bits per heavy atom. The average molecular weight is 395 g/mol. The molecule has 5 aromatic rings. The summed E-state index contributed by atoms with van der Waals surface area (Å²) in [5.74, 6) is 1.60. The van der Waals surface area contributed by atoms with Crippen molar-refractivity contribution < 1.29 is 4.79 Å². The van der Waals surface area contributed by atoms with E-state index in [2.05, 4.69) is 38.1 Å². The number of aryl methyl sites for hydroxylation is 1. The Labute approximate surface area is 173 Å². The van der Waals surface area contributed by atoms with Crippen molar-refractivity contribution in [3.8, 4) is 5.69 Å². The van der Waals surface area contributed by atoms with E-state index in [9.17, 15) is 4.79 Å². The number of rotatable bonds is 6. The number of nitrogens with zero attached hydrogens (tertiary/aromatic N) is 3. The maximum absolute atomic E-state index is 12.5. The van der Waals surface area contributed by atoms with Gasteiger partial charge in [0.2, 0.25) is 5.91 Å². The Balaban J connectivity index is 1.30. The molecule has 0 aliphatic rings. The lowest BCUT2D eigenvalue weighted by molar-refractivity contribution is -0.121. The molecule has 0 aliphatic heterocycles. The summed E-state index contributed by atoms with van der Waals surface area (Å²) in [6, 6.07) is 26.0. The van der Waals surface area contributed by atoms with Crippen LogP contribution in [0.3, 0.4) is 0 Å². The highest BCUT2D eigenvalue weighted by molar-refractivity contribution is 5.79. The number of nitrogens with one attached hydrogen (secondary N) is 2. The molecule has 0 unspecified atom stereocenters. The number of hydrogen-bond acceptors (Lipinski definition) is 3. The van der Waals surface area contributed by atoms with Gasteiger partial charge in [0, 0.05) is 18.5 Å². The minimum atomic E-state index is -0.0258. The van der Waals surface area contributed by atoms with Gasteiger partial charge >= 0.3 is 0 Å². The highest BCUT2D eigenvalue weighted by Crippen LogP contribution is 2.22. The van der Waals surface area contributed by atoms with Crippen molar-refractivity contribution in [1.29, 1.82) is 0 Å². The molecule has 2 N–H and O–H groups in total. The zero-order valence-electron chi connectivity index (χ0n) is 16.4. The lowest BCUT2D eigenvalue weighted by atomic mass is 10.2. The molecule has 5 rings (SSSR count). The van der Waals surface area contributed by atoms with E-state index in [0.717, 1.165) is 39.4 Å². The van der Waals surface area contributed by atoms with Gasteiger partial charge in [-0.25, -0.2) is 9.97 Å². The fraction of sp³-hybridized carbons (Fsp3) is 0.125. The summed E-state index contributed by atoms with van der Waals surface area (Å²) < 4.78 is 2.13. The number of amides is 1. The van der Waals surface area contributed by atoms with E-state index < -0.39 is 0 Å². The third kappa shape index (κ3) is 3.55. The first-order valence-corrected chi connectivity index (χ1v) is 10.00. The van der Waals surface area contributed by atoms with Crippen molar-refractivity contribution in [3.05, 3.63) is 90.5 Å². The number of benzene rings is 3. The summed E-state index contributed by atoms with van der Waals surface area (Å²) in [6.07, 6.45) is 0.909. The third-order valence-electron chi connectivity index (χ3n) is 5.11. The second-order valence-corrected chi connectivity index (χ2v) is 7.17. The van der Waals surface area contributed by atoms with E-state index in [1.54, 1.807) is 0 Å². The van der Waals surface area contributed by atoms with Crippen LogP contribution in [0.2, 0.25) is 0 Å². The van der Waals surface area contributed by atoms with Crippen molar-refractivity contribution in [2.45, 2.75) is 19.4 Å². The minimum absolute atomic E-state index is 0.0258. The van der Waals surface area contributed by atoms with E-state index in [1.165, 1.54) is 0 Å². The van der Waals surface area contributed by atoms with Gasteiger partial charge in [-0.1, -0.05) is 42.5 Å². The maximum atomic E-state index is 12.5. The Hall–Kier alpha value is -3.93. The van der Waals surface area contributed by atoms with E-state index >= 15 is 0 Å². The van der Waals surface area contributed by atoms with E-state index in [1.807, 2.05) is 60.7 Å². The van der Waals surface area contributed by atoms with Crippen molar-refractivity contribution in [2.75, 3.05) is 0 Å². The molecule has 0 saturated heterocycles. The van der Waals surface area contributed by atoms with E-state index in [-0.39, 0.29) is 5.91 Å². The van der Waals surface area contributed by atoms with E-state index in [0.29, 0.717) is 19.4 Å². The number of fused-ring (bicyclic) bond motifs is 2. The fourth-order valence-electron chi connectivity index (χ4n) is 3.69. The highest BCUT2D eigenvalue weighted by atomic mass is 16.1. The lowest BCUT2D eigenvalue weighted by Gasteiger charge is -2.09. The van der Waals surface area contributed by atoms with Gasteiger partial charge in [0.1, 0.15) is 11.6 Å². The molecule has 0 atom stereocenters. The van der Waals surface area contributed by atoms with Crippen LogP contribution in [-0.4, -0.2) is 25.4 Å².